The Bertz CT molecular complexity index is 723. The summed E-state index contributed by atoms with van der Waals surface area (Å²) in [6, 6.07) is 5.17. The average molecular weight is 366 g/mol. The quantitative estimate of drug-likeness (QED) is 0.743. The Hall–Kier alpha value is -1.53. The SMILES string of the molecule is CN(C)S(=O)c1ccc(Cl)c(COCC(=O)C2=CCC=CC=C2)c1. The summed E-state index contributed by atoms with van der Waals surface area (Å²) in [4.78, 5) is 12.8. The van der Waals surface area contributed by atoms with Crippen LogP contribution in [0.2, 0.25) is 5.02 Å². The second-order valence-electron chi connectivity index (χ2n) is 5.41. The molecule has 24 heavy (non-hydrogen) atoms. The van der Waals surface area contributed by atoms with E-state index in [1.165, 1.54) is 0 Å². The lowest BCUT2D eigenvalue weighted by molar-refractivity contribution is -0.120. The van der Waals surface area contributed by atoms with Crippen molar-refractivity contribution in [3.05, 3.63) is 64.7 Å². The fraction of sp³-hybridized carbons (Fsp3) is 0.278. The topological polar surface area (TPSA) is 46.6 Å². The molecule has 1 unspecified atom stereocenters. The molecule has 0 bridgehead atoms. The first-order valence-corrected chi connectivity index (χ1v) is 8.99. The van der Waals surface area contributed by atoms with Gasteiger partial charge in [0, 0.05) is 10.6 Å². The van der Waals surface area contributed by atoms with Crippen LogP contribution in [0.15, 0.2) is 59.0 Å². The second kappa shape index (κ2) is 9.08. The maximum Gasteiger partial charge on any atom is 0.188 e. The Kier molecular flexibility index (Phi) is 7.12. The van der Waals surface area contributed by atoms with Crippen molar-refractivity contribution < 1.29 is 13.7 Å². The van der Waals surface area contributed by atoms with E-state index >= 15 is 0 Å². The Balaban J connectivity index is 1.96. The van der Waals surface area contributed by atoms with E-state index in [2.05, 4.69) is 0 Å². The van der Waals surface area contributed by atoms with E-state index in [1.54, 1.807) is 42.7 Å². The summed E-state index contributed by atoms with van der Waals surface area (Å²) < 4.78 is 19.2. The van der Waals surface area contributed by atoms with Gasteiger partial charge in [-0.1, -0.05) is 42.0 Å². The van der Waals surface area contributed by atoms with E-state index < -0.39 is 11.0 Å². The molecule has 0 N–H and O–H groups in total. The molecule has 0 aliphatic heterocycles. The minimum atomic E-state index is -1.25. The van der Waals surface area contributed by atoms with Gasteiger partial charge in [-0.05, 0) is 44.3 Å². The number of nitrogens with zero attached hydrogens (tertiary/aromatic N) is 1. The van der Waals surface area contributed by atoms with Crippen LogP contribution < -0.4 is 0 Å². The average Bonchev–Trinajstić information content (AvgIpc) is 2.85. The van der Waals surface area contributed by atoms with Crippen molar-refractivity contribution in [2.45, 2.75) is 17.9 Å². The molecule has 1 aliphatic rings. The zero-order valence-electron chi connectivity index (χ0n) is 13.7. The number of ether oxygens (including phenoxy) is 1. The summed E-state index contributed by atoms with van der Waals surface area (Å²) in [5.74, 6) is -0.0703. The van der Waals surface area contributed by atoms with Gasteiger partial charge in [0.25, 0.3) is 0 Å². The zero-order valence-corrected chi connectivity index (χ0v) is 15.3. The molecule has 1 aromatic rings. The molecule has 0 amide bonds. The molecular formula is C18H20ClNO3S. The Morgan fingerprint density at radius 1 is 1.33 bits per heavy atom. The summed E-state index contributed by atoms with van der Waals surface area (Å²) >= 11 is 6.16. The van der Waals surface area contributed by atoms with Crippen LogP contribution in [-0.4, -0.2) is 35.0 Å². The van der Waals surface area contributed by atoms with Gasteiger partial charge in [-0.25, -0.2) is 8.51 Å². The summed E-state index contributed by atoms with van der Waals surface area (Å²) in [6.45, 7) is 0.172. The van der Waals surface area contributed by atoms with Crippen LogP contribution in [0.3, 0.4) is 0 Å². The van der Waals surface area contributed by atoms with Crippen LogP contribution in [-0.2, 0) is 27.1 Å². The summed E-state index contributed by atoms with van der Waals surface area (Å²) in [5, 5.41) is 0.528. The number of carbonyl (C=O) groups is 1. The third-order valence-corrected chi connectivity index (χ3v) is 5.05. The predicted molar refractivity (Wildman–Crippen MR) is 97.2 cm³/mol. The molecule has 1 aromatic carbocycles. The van der Waals surface area contributed by atoms with E-state index in [0.717, 1.165) is 6.42 Å². The molecular weight excluding hydrogens is 346 g/mol. The van der Waals surface area contributed by atoms with E-state index in [-0.39, 0.29) is 19.0 Å². The van der Waals surface area contributed by atoms with Crippen LogP contribution in [0.4, 0.5) is 0 Å². The molecule has 0 heterocycles. The van der Waals surface area contributed by atoms with Crippen molar-refractivity contribution in [1.29, 1.82) is 0 Å². The van der Waals surface area contributed by atoms with Crippen molar-refractivity contribution in [2.75, 3.05) is 20.7 Å². The minimum absolute atomic E-state index is 0.0203. The smallest absolute Gasteiger partial charge is 0.188 e. The second-order valence-corrected chi connectivity index (χ2v) is 7.52. The summed E-state index contributed by atoms with van der Waals surface area (Å²) in [7, 11) is 2.23. The lowest BCUT2D eigenvalue weighted by Crippen LogP contribution is -2.15. The number of rotatable bonds is 7. The van der Waals surface area contributed by atoms with Gasteiger partial charge in [0.05, 0.1) is 11.5 Å². The first-order valence-electron chi connectivity index (χ1n) is 7.51. The standard InChI is InChI=1S/C18H20ClNO3S/c1-20(2)24(22)16-9-10-17(19)15(11-16)12-23-13-18(21)14-7-5-3-4-6-8-14/h3-5,7-11H,6,12-13H2,1-2H3. The van der Waals surface area contributed by atoms with Gasteiger partial charge in [-0.15, -0.1) is 0 Å². The molecule has 0 saturated heterocycles. The number of Topliss-reactive ketones (excluding diaryl/α,β-unsaturated/α-hetero) is 1. The molecule has 0 spiro atoms. The Morgan fingerprint density at radius 3 is 2.88 bits per heavy atom. The molecule has 1 atom stereocenters. The van der Waals surface area contributed by atoms with Gasteiger partial charge in [0.2, 0.25) is 0 Å². The van der Waals surface area contributed by atoms with E-state index in [1.807, 2.05) is 24.3 Å². The van der Waals surface area contributed by atoms with Crippen LogP contribution in [0.5, 0.6) is 0 Å². The van der Waals surface area contributed by atoms with Crippen molar-refractivity contribution in [3.8, 4) is 0 Å². The maximum absolute atomic E-state index is 12.1. The Morgan fingerprint density at radius 2 is 2.12 bits per heavy atom. The summed E-state index contributed by atoms with van der Waals surface area (Å²) in [6.07, 6.45) is 10.1. The molecule has 4 nitrogen and oxygen atoms in total. The van der Waals surface area contributed by atoms with E-state index in [4.69, 9.17) is 16.3 Å². The number of benzene rings is 1. The highest BCUT2D eigenvalue weighted by Crippen LogP contribution is 2.21. The largest absolute Gasteiger partial charge is 0.369 e. The van der Waals surface area contributed by atoms with Gasteiger partial charge in [0.15, 0.2) is 5.78 Å². The van der Waals surface area contributed by atoms with Gasteiger partial charge in [-0.3, -0.25) is 4.79 Å². The fourth-order valence-corrected chi connectivity index (χ4v) is 3.13. The van der Waals surface area contributed by atoms with Crippen LogP contribution in [0, 0.1) is 0 Å². The third kappa shape index (κ3) is 5.24. The number of allylic oxidation sites excluding steroid dienone is 5. The van der Waals surface area contributed by atoms with Crippen molar-refractivity contribution in [2.24, 2.45) is 0 Å². The van der Waals surface area contributed by atoms with Gasteiger partial charge in [-0.2, -0.15) is 0 Å². The zero-order chi connectivity index (χ0) is 17.5. The number of carbonyl (C=O) groups excluding carboxylic acids is 1. The molecule has 0 fully saturated rings. The fourth-order valence-electron chi connectivity index (χ4n) is 2.10. The number of hydrogen-bond donors (Lipinski definition) is 0. The number of ketones is 1. The predicted octanol–water partition coefficient (Wildman–Crippen LogP) is 3.45. The first kappa shape index (κ1) is 18.8. The minimum Gasteiger partial charge on any atom is -0.369 e. The van der Waals surface area contributed by atoms with Gasteiger partial charge < -0.3 is 4.74 Å². The van der Waals surface area contributed by atoms with Gasteiger partial charge >= 0.3 is 0 Å². The monoisotopic (exact) mass is 365 g/mol. The normalized spacial score (nSPS) is 15.2. The number of hydrogen-bond acceptors (Lipinski definition) is 3. The lowest BCUT2D eigenvalue weighted by Gasteiger charge is -2.12. The molecule has 0 saturated carbocycles. The highest BCUT2D eigenvalue weighted by Gasteiger charge is 2.11. The molecule has 0 radical (unpaired) electrons. The van der Waals surface area contributed by atoms with Crippen molar-refractivity contribution >= 4 is 28.4 Å². The van der Waals surface area contributed by atoms with E-state index in [0.29, 0.717) is 21.1 Å². The highest BCUT2D eigenvalue weighted by molar-refractivity contribution is 7.82. The summed E-state index contributed by atoms with van der Waals surface area (Å²) in [5.41, 5.74) is 1.36. The van der Waals surface area contributed by atoms with Crippen LogP contribution in [0.1, 0.15) is 12.0 Å². The number of halogens is 1. The van der Waals surface area contributed by atoms with Crippen LogP contribution in [0.25, 0.3) is 0 Å². The molecule has 1 aliphatic carbocycles. The lowest BCUT2D eigenvalue weighted by atomic mass is 10.1. The Labute approximate surface area is 150 Å². The third-order valence-electron chi connectivity index (χ3n) is 3.36. The van der Waals surface area contributed by atoms with Crippen LogP contribution >= 0.6 is 11.6 Å². The highest BCUT2D eigenvalue weighted by atomic mass is 35.5. The maximum atomic E-state index is 12.1. The molecule has 2 rings (SSSR count). The molecule has 0 aromatic heterocycles. The van der Waals surface area contributed by atoms with Crippen molar-refractivity contribution in [3.63, 3.8) is 0 Å². The first-order chi connectivity index (χ1) is 11.5. The van der Waals surface area contributed by atoms with E-state index in [9.17, 15) is 9.00 Å². The van der Waals surface area contributed by atoms with Gasteiger partial charge in [0.1, 0.15) is 17.6 Å². The molecule has 6 heteroatoms. The van der Waals surface area contributed by atoms with Crippen molar-refractivity contribution in [1.82, 2.24) is 4.31 Å². The molecule has 128 valence electrons.